The van der Waals surface area contributed by atoms with Crippen molar-refractivity contribution in [3.63, 3.8) is 0 Å². The fraction of sp³-hybridized carbons (Fsp3) is 0.500. The zero-order valence-corrected chi connectivity index (χ0v) is 15.8. The second kappa shape index (κ2) is 9.57. The average Bonchev–Trinajstić information content (AvgIpc) is 3.14. The maximum Gasteiger partial charge on any atom is 0.276 e. The van der Waals surface area contributed by atoms with Crippen molar-refractivity contribution in [2.45, 2.75) is 23.8 Å². The Morgan fingerprint density at radius 2 is 1.75 bits per heavy atom. The van der Waals surface area contributed by atoms with Gasteiger partial charge in [-0.15, -0.1) is 10.2 Å². The molecule has 1 aromatic heterocycles. The van der Waals surface area contributed by atoms with Gasteiger partial charge in [0.2, 0.25) is 5.89 Å². The smallest absolute Gasteiger partial charge is 0.276 e. The number of nitro groups is 2. The maximum absolute atomic E-state index is 10.9. The third kappa shape index (κ3) is 5.71. The molecule has 28 heavy (non-hydrogen) atoms. The molecule has 0 radical (unpaired) electrons. The summed E-state index contributed by atoms with van der Waals surface area (Å²) in [4.78, 5) is 22.9. The van der Waals surface area contributed by atoms with Crippen LogP contribution in [0, 0.1) is 20.2 Å². The molecule has 0 amide bonds. The summed E-state index contributed by atoms with van der Waals surface area (Å²) < 4.78 is 10.9. The Hall–Kier alpha value is -2.57. The number of aromatic nitrogens is 2. The molecule has 3 rings (SSSR count). The van der Waals surface area contributed by atoms with E-state index in [-0.39, 0.29) is 17.1 Å². The van der Waals surface area contributed by atoms with E-state index in [0.717, 1.165) is 45.3 Å². The molecule has 0 N–H and O–H groups in total. The Morgan fingerprint density at radius 3 is 2.39 bits per heavy atom. The van der Waals surface area contributed by atoms with Crippen molar-refractivity contribution in [2.75, 3.05) is 32.8 Å². The van der Waals surface area contributed by atoms with Crippen molar-refractivity contribution < 1.29 is 19.0 Å². The van der Waals surface area contributed by atoms with E-state index < -0.39 is 9.85 Å². The summed E-state index contributed by atoms with van der Waals surface area (Å²) in [6.07, 6.45) is 1.55. The van der Waals surface area contributed by atoms with E-state index >= 15 is 0 Å². The molecule has 0 spiro atoms. The van der Waals surface area contributed by atoms with Gasteiger partial charge in [0.05, 0.1) is 29.1 Å². The second-order valence-electron chi connectivity index (χ2n) is 6.18. The standard InChI is InChI=1S/C16H19N5O6S/c22-20(23)13-8-12(9-14(10-13)21(24)25)11-28-16-18-17-15(27-16)2-1-3-19-4-6-26-7-5-19/h8-10H,1-7,11H2. The Balaban J connectivity index is 1.52. The fourth-order valence-corrected chi connectivity index (χ4v) is 3.48. The predicted octanol–water partition coefficient (Wildman–Crippen LogP) is 2.44. The van der Waals surface area contributed by atoms with Crippen LogP contribution in [0.3, 0.4) is 0 Å². The zero-order chi connectivity index (χ0) is 19.9. The van der Waals surface area contributed by atoms with E-state index in [2.05, 4.69) is 15.1 Å². The fourth-order valence-electron chi connectivity index (χ4n) is 2.77. The quantitative estimate of drug-likeness (QED) is 0.345. The lowest BCUT2D eigenvalue weighted by Crippen LogP contribution is -2.36. The predicted molar refractivity (Wildman–Crippen MR) is 99.2 cm³/mol. The highest BCUT2D eigenvalue weighted by Crippen LogP contribution is 2.28. The van der Waals surface area contributed by atoms with Crippen LogP contribution in [-0.4, -0.2) is 57.8 Å². The number of ether oxygens (including phenoxy) is 1. The lowest BCUT2D eigenvalue weighted by molar-refractivity contribution is -0.394. The number of benzene rings is 1. The number of nitrogens with zero attached hydrogens (tertiary/aromatic N) is 5. The first-order chi connectivity index (χ1) is 13.5. The first-order valence-corrected chi connectivity index (χ1v) is 9.68. The molecule has 11 nitrogen and oxygen atoms in total. The third-order valence-electron chi connectivity index (χ3n) is 4.16. The molecule has 12 heteroatoms. The van der Waals surface area contributed by atoms with Crippen LogP contribution in [0.15, 0.2) is 27.8 Å². The van der Waals surface area contributed by atoms with Gasteiger partial charge in [-0.1, -0.05) is 11.8 Å². The van der Waals surface area contributed by atoms with Gasteiger partial charge in [-0.25, -0.2) is 0 Å². The van der Waals surface area contributed by atoms with Gasteiger partial charge in [-0.2, -0.15) is 0 Å². The molecule has 0 aliphatic carbocycles. The molecular formula is C16H19N5O6S. The van der Waals surface area contributed by atoms with E-state index in [9.17, 15) is 20.2 Å². The molecule has 1 aliphatic heterocycles. The van der Waals surface area contributed by atoms with Crippen molar-refractivity contribution in [1.82, 2.24) is 15.1 Å². The third-order valence-corrected chi connectivity index (χ3v) is 5.05. The minimum atomic E-state index is -0.652. The summed E-state index contributed by atoms with van der Waals surface area (Å²) in [5.41, 5.74) is -0.198. The molecule has 0 unspecified atom stereocenters. The Kier molecular flexibility index (Phi) is 6.90. The van der Waals surface area contributed by atoms with Crippen LogP contribution in [-0.2, 0) is 16.9 Å². The highest BCUT2D eigenvalue weighted by Gasteiger charge is 2.17. The first-order valence-electron chi connectivity index (χ1n) is 8.69. The summed E-state index contributed by atoms with van der Waals surface area (Å²) in [6, 6.07) is 3.55. The van der Waals surface area contributed by atoms with E-state index in [1.807, 2.05) is 0 Å². The lowest BCUT2D eigenvalue weighted by Gasteiger charge is -2.26. The van der Waals surface area contributed by atoms with Gasteiger partial charge in [-0.3, -0.25) is 25.1 Å². The van der Waals surface area contributed by atoms with Crippen molar-refractivity contribution in [3.05, 3.63) is 49.9 Å². The highest BCUT2D eigenvalue weighted by atomic mass is 32.2. The SMILES string of the molecule is O=[N+]([O-])c1cc(CSc2nnc(CCCN3CCOCC3)o2)cc([N+](=O)[O-])c1. The number of hydrogen-bond acceptors (Lipinski definition) is 10. The molecule has 0 saturated carbocycles. The number of nitro benzene ring substituents is 2. The molecule has 0 bridgehead atoms. The van der Waals surface area contributed by atoms with Crippen LogP contribution >= 0.6 is 11.8 Å². The van der Waals surface area contributed by atoms with Crippen LogP contribution < -0.4 is 0 Å². The molecule has 150 valence electrons. The van der Waals surface area contributed by atoms with E-state index in [4.69, 9.17) is 9.15 Å². The van der Waals surface area contributed by atoms with Gasteiger partial charge in [0.1, 0.15) is 0 Å². The number of non-ortho nitro benzene ring substituents is 2. The van der Waals surface area contributed by atoms with Gasteiger partial charge in [0.15, 0.2) is 0 Å². The minimum absolute atomic E-state index is 0.248. The summed E-state index contributed by atoms with van der Waals surface area (Å²) in [7, 11) is 0. The number of rotatable bonds is 9. The van der Waals surface area contributed by atoms with Crippen LogP contribution in [0.5, 0.6) is 0 Å². The van der Waals surface area contributed by atoms with Crippen molar-refractivity contribution in [2.24, 2.45) is 0 Å². The largest absolute Gasteiger partial charge is 0.416 e. The molecule has 1 fully saturated rings. The van der Waals surface area contributed by atoms with E-state index in [0.29, 0.717) is 23.1 Å². The van der Waals surface area contributed by atoms with Gasteiger partial charge >= 0.3 is 0 Å². The normalized spacial score (nSPS) is 14.9. The molecule has 2 aromatic rings. The monoisotopic (exact) mass is 409 g/mol. The molecule has 1 saturated heterocycles. The number of morpholine rings is 1. The Bertz CT molecular complexity index is 806. The van der Waals surface area contributed by atoms with Crippen molar-refractivity contribution in [3.8, 4) is 0 Å². The van der Waals surface area contributed by atoms with Crippen molar-refractivity contribution >= 4 is 23.1 Å². The average molecular weight is 409 g/mol. The molecular weight excluding hydrogens is 390 g/mol. The Morgan fingerprint density at radius 1 is 1.07 bits per heavy atom. The second-order valence-corrected chi connectivity index (χ2v) is 7.11. The highest BCUT2D eigenvalue weighted by molar-refractivity contribution is 7.98. The van der Waals surface area contributed by atoms with Gasteiger partial charge in [0, 0.05) is 37.4 Å². The van der Waals surface area contributed by atoms with Gasteiger partial charge < -0.3 is 9.15 Å². The van der Waals surface area contributed by atoms with Crippen LogP contribution in [0.2, 0.25) is 0 Å². The lowest BCUT2D eigenvalue weighted by atomic mass is 10.2. The number of thioether (sulfide) groups is 1. The first kappa shape index (κ1) is 20.2. The zero-order valence-electron chi connectivity index (χ0n) is 15.0. The summed E-state index contributed by atoms with van der Waals surface area (Å²) in [5, 5.41) is 30.2. The molecule has 0 atom stereocenters. The molecule has 1 aliphatic rings. The van der Waals surface area contributed by atoms with E-state index in [1.54, 1.807) is 0 Å². The molecule has 1 aromatic carbocycles. The summed E-state index contributed by atoms with van der Waals surface area (Å²) in [6.45, 7) is 4.32. The summed E-state index contributed by atoms with van der Waals surface area (Å²) >= 11 is 1.18. The minimum Gasteiger partial charge on any atom is -0.416 e. The number of aryl methyl sites for hydroxylation is 1. The van der Waals surface area contributed by atoms with E-state index in [1.165, 1.54) is 23.9 Å². The van der Waals surface area contributed by atoms with Crippen molar-refractivity contribution in [1.29, 1.82) is 0 Å². The van der Waals surface area contributed by atoms with Crippen LogP contribution in [0.4, 0.5) is 11.4 Å². The molecule has 2 heterocycles. The van der Waals surface area contributed by atoms with Gasteiger partial charge in [0.25, 0.3) is 16.6 Å². The topological polar surface area (TPSA) is 138 Å². The maximum atomic E-state index is 10.9. The van der Waals surface area contributed by atoms with Gasteiger partial charge in [-0.05, 0) is 18.5 Å². The number of hydrogen-bond donors (Lipinski definition) is 0. The summed E-state index contributed by atoms with van der Waals surface area (Å²) in [5.74, 6) is 0.776. The Labute approximate surface area is 164 Å². The van der Waals surface area contributed by atoms with Crippen LogP contribution in [0.25, 0.3) is 0 Å². The van der Waals surface area contributed by atoms with Crippen LogP contribution in [0.1, 0.15) is 17.9 Å².